The minimum atomic E-state index is -0.359. The van der Waals surface area contributed by atoms with Crippen LogP contribution in [0.2, 0.25) is 0 Å². The highest BCUT2D eigenvalue weighted by Gasteiger charge is 2.08. The molecule has 0 unspecified atom stereocenters. The zero-order chi connectivity index (χ0) is 13.8. The molecule has 2 aromatic rings. The first-order chi connectivity index (χ1) is 9.06. The Bertz CT molecular complexity index is 592. The number of hydrogen-bond acceptors (Lipinski definition) is 3. The fraction of sp³-hybridized carbons (Fsp3) is 0.133. The van der Waals surface area contributed by atoms with Gasteiger partial charge in [0, 0.05) is 15.4 Å². The molecule has 2 rings (SSSR count). The average molecular weight is 337 g/mol. The van der Waals surface area contributed by atoms with Crippen LogP contribution in [-0.2, 0) is 4.79 Å². The van der Waals surface area contributed by atoms with Crippen LogP contribution in [0.25, 0.3) is 6.08 Å². The van der Waals surface area contributed by atoms with Gasteiger partial charge in [-0.3, -0.25) is 0 Å². The van der Waals surface area contributed by atoms with Crippen molar-refractivity contribution in [2.24, 2.45) is 0 Å². The van der Waals surface area contributed by atoms with Crippen LogP contribution in [0.4, 0.5) is 0 Å². The Hall–Kier alpha value is -1.39. The number of ether oxygens (including phenoxy) is 1. The molecular formula is C15H13BrO2S. The molecule has 0 saturated heterocycles. The monoisotopic (exact) mass is 336 g/mol. The van der Waals surface area contributed by atoms with Crippen molar-refractivity contribution in [1.29, 1.82) is 0 Å². The third kappa shape index (κ3) is 3.78. The number of halogens is 1. The Morgan fingerprint density at radius 3 is 2.58 bits per heavy atom. The molecule has 4 heteroatoms. The molecule has 0 spiro atoms. The van der Waals surface area contributed by atoms with Crippen LogP contribution in [0.1, 0.15) is 16.0 Å². The lowest BCUT2D eigenvalue weighted by atomic mass is 10.1. The second kappa shape index (κ2) is 6.17. The standard InChI is InChI=1S/C15H13BrO2S/c1-10-8-12(16)9-11(2)15(10)18-14(17)6-5-13-4-3-7-19-13/h3-9H,1-2H3. The van der Waals surface area contributed by atoms with E-state index in [-0.39, 0.29) is 5.97 Å². The average Bonchev–Trinajstić information content (AvgIpc) is 2.84. The summed E-state index contributed by atoms with van der Waals surface area (Å²) in [5.74, 6) is 0.269. The summed E-state index contributed by atoms with van der Waals surface area (Å²) in [5.41, 5.74) is 1.87. The van der Waals surface area contributed by atoms with Crippen molar-refractivity contribution >= 4 is 39.3 Å². The largest absolute Gasteiger partial charge is 0.423 e. The number of carbonyl (C=O) groups excluding carboxylic acids is 1. The molecule has 0 saturated carbocycles. The van der Waals surface area contributed by atoms with Gasteiger partial charge in [-0.05, 0) is 54.6 Å². The quantitative estimate of drug-likeness (QED) is 0.459. The van der Waals surface area contributed by atoms with E-state index in [1.165, 1.54) is 6.08 Å². The maximum absolute atomic E-state index is 11.8. The minimum absolute atomic E-state index is 0.359. The molecule has 0 fully saturated rings. The number of benzene rings is 1. The Kier molecular flexibility index (Phi) is 4.56. The molecule has 0 aliphatic rings. The van der Waals surface area contributed by atoms with Crippen LogP contribution in [0.3, 0.4) is 0 Å². The first kappa shape index (κ1) is 14.0. The molecule has 0 aliphatic carbocycles. The summed E-state index contributed by atoms with van der Waals surface area (Å²) in [6.45, 7) is 3.84. The van der Waals surface area contributed by atoms with Crippen molar-refractivity contribution in [3.05, 3.63) is 56.2 Å². The number of esters is 1. The third-order valence-corrected chi connectivity index (χ3v) is 3.85. The SMILES string of the molecule is Cc1cc(Br)cc(C)c1OC(=O)C=Cc1cccs1. The molecule has 0 bridgehead atoms. The van der Waals surface area contributed by atoms with E-state index >= 15 is 0 Å². The molecule has 19 heavy (non-hydrogen) atoms. The molecule has 1 heterocycles. The lowest BCUT2D eigenvalue weighted by Crippen LogP contribution is -2.06. The Morgan fingerprint density at radius 2 is 2.00 bits per heavy atom. The fourth-order valence-electron chi connectivity index (χ4n) is 1.73. The predicted molar refractivity (Wildman–Crippen MR) is 82.6 cm³/mol. The first-order valence-corrected chi connectivity index (χ1v) is 7.43. The van der Waals surface area contributed by atoms with E-state index in [4.69, 9.17) is 4.74 Å². The minimum Gasteiger partial charge on any atom is -0.423 e. The summed E-state index contributed by atoms with van der Waals surface area (Å²) in [6.07, 6.45) is 3.21. The van der Waals surface area contributed by atoms with E-state index in [1.54, 1.807) is 17.4 Å². The Morgan fingerprint density at radius 1 is 1.32 bits per heavy atom. The summed E-state index contributed by atoms with van der Waals surface area (Å²) in [4.78, 5) is 12.8. The van der Waals surface area contributed by atoms with Gasteiger partial charge in [-0.1, -0.05) is 22.0 Å². The maximum atomic E-state index is 11.8. The molecule has 1 aromatic carbocycles. The van der Waals surface area contributed by atoms with E-state index < -0.39 is 0 Å². The van der Waals surface area contributed by atoms with Gasteiger partial charge in [0.2, 0.25) is 0 Å². The molecular weight excluding hydrogens is 324 g/mol. The van der Waals surface area contributed by atoms with Crippen molar-refractivity contribution in [3.8, 4) is 5.75 Å². The normalized spacial score (nSPS) is 10.9. The second-order valence-corrected chi connectivity index (χ2v) is 6.03. The molecule has 1 aromatic heterocycles. The Labute approximate surface area is 124 Å². The lowest BCUT2D eigenvalue weighted by molar-refractivity contribution is -0.129. The summed E-state index contributed by atoms with van der Waals surface area (Å²) in [5, 5.41) is 1.97. The fourth-order valence-corrected chi connectivity index (χ4v) is 3.03. The molecule has 2 nitrogen and oxygen atoms in total. The third-order valence-electron chi connectivity index (χ3n) is 2.55. The highest BCUT2D eigenvalue weighted by Crippen LogP contribution is 2.27. The van der Waals surface area contributed by atoms with Crippen LogP contribution in [0, 0.1) is 13.8 Å². The topological polar surface area (TPSA) is 26.3 Å². The number of aryl methyl sites for hydroxylation is 2. The van der Waals surface area contributed by atoms with Gasteiger partial charge in [0.1, 0.15) is 5.75 Å². The highest BCUT2D eigenvalue weighted by atomic mass is 79.9. The van der Waals surface area contributed by atoms with Gasteiger partial charge in [-0.2, -0.15) is 0 Å². The molecule has 0 aliphatic heterocycles. The molecule has 0 amide bonds. The van der Waals surface area contributed by atoms with Crippen LogP contribution in [0.15, 0.2) is 40.2 Å². The van der Waals surface area contributed by atoms with Gasteiger partial charge in [0.05, 0.1) is 0 Å². The zero-order valence-electron chi connectivity index (χ0n) is 10.6. The zero-order valence-corrected chi connectivity index (χ0v) is 13.0. The Balaban J connectivity index is 2.11. The summed E-state index contributed by atoms with van der Waals surface area (Å²) in [7, 11) is 0. The van der Waals surface area contributed by atoms with Crippen molar-refractivity contribution in [2.45, 2.75) is 13.8 Å². The van der Waals surface area contributed by atoms with Crippen LogP contribution < -0.4 is 4.74 Å². The molecule has 0 atom stereocenters. The number of carbonyl (C=O) groups is 1. The number of hydrogen-bond donors (Lipinski definition) is 0. The van der Waals surface area contributed by atoms with E-state index in [2.05, 4.69) is 15.9 Å². The summed E-state index contributed by atoms with van der Waals surface area (Å²) < 4.78 is 6.37. The molecule has 0 radical (unpaired) electrons. The predicted octanol–water partition coefficient (Wildman–Crippen LogP) is 4.75. The van der Waals surface area contributed by atoms with Crippen molar-refractivity contribution in [2.75, 3.05) is 0 Å². The van der Waals surface area contributed by atoms with Gasteiger partial charge >= 0.3 is 5.97 Å². The van der Waals surface area contributed by atoms with E-state index in [0.717, 1.165) is 20.5 Å². The van der Waals surface area contributed by atoms with Gasteiger partial charge in [0.15, 0.2) is 0 Å². The van der Waals surface area contributed by atoms with E-state index in [1.807, 2.05) is 43.5 Å². The first-order valence-electron chi connectivity index (χ1n) is 5.76. The smallest absolute Gasteiger partial charge is 0.336 e. The number of thiophene rings is 1. The van der Waals surface area contributed by atoms with Crippen LogP contribution in [-0.4, -0.2) is 5.97 Å². The van der Waals surface area contributed by atoms with Crippen molar-refractivity contribution in [1.82, 2.24) is 0 Å². The second-order valence-electron chi connectivity index (χ2n) is 4.14. The van der Waals surface area contributed by atoms with Gasteiger partial charge < -0.3 is 4.74 Å². The molecule has 98 valence electrons. The van der Waals surface area contributed by atoms with E-state index in [9.17, 15) is 4.79 Å². The van der Waals surface area contributed by atoms with Crippen molar-refractivity contribution in [3.63, 3.8) is 0 Å². The molecule has 0 N–H and O–H groups in total. The maximum Gasteiger partial charge on any atom is 0.336 e. The van der Waals surface area contributed by atoms with E-state index in [0.29, 0.717) is 5.75 Å². The summed E-state index contributed by atoms with van der Waals surface area (Å²) in [6, 6.07) is 7.75. The van der Waals surface area contributed by atoms with Gasteiger partial charge in [0.25, 0.3) is 0 Å². The lowest BCUT2D eigenvalue weighted by Gasteiger charge is -2.09. The highest BCUT2D eigenvalue weighted by molar-refractivity contribution is 9.10. The van der Waals surface area contributed by atoms with Crippen LogP contribution >= 0.6 is 27.3 Å². The van der Waals surface area contributed by atoms with Gasteiger partial charge in [-0.15, -0.1) is 11.3 Å². The van der Waals surface area contributed by atoms with Gasteiger partial charge in [-0.25, -0.2) is 4.79 Å². The number of rotatable bonds is 3. The summed E-state index contributed by atoms with van der Waals surface area (Å²) >= 11 is 5.00. The van der Waals surface area contributed by atoms with Crippen LogP contribution in [0.5, 0.6) is 5.75 Å². The van der Waals surface area contributed by atoms with Crippen molar-refractivity contribution < 1.29 is 9.53 Å².